The van der Waals surface area contributed by atoms with E-state index in [0.29, 0.717) is 18.2 Å². The Labute approximate surface area is 135 Å². The fourth-order valence-corrected chi connectivity index (χ4v) is 2.41. The molecule has 1 fully saturated rings. The maximum atomic E-state index is 12.2. The number of benzene rings is 1. The Morgan fingerprint density at radius 2 is 2.13 bits per heavy atom. The van der Waals surface area contributed by atoms with Gasteiger partial charge >= 0.3 is 0 Å². The summed E-state index contributed by atoms with van der Waals surface area (Å²) in [6.45, 7) is 3.32. The van der Waals surface area contributed by atoms with Crippen LogP contribution >= 0.6 is 0 Å². The Kier molecular flexibility index (Phi) is 4.83. The van der Waals surface area contributed by atoms with Gasteiger partial charge in [0.25, 0.3) is 5.91 Å². The van der Waals surface area contributed by atoms with Crippen molar-refractivity contribution in [3.63, 3.8) is 0 Å². The molecule has 0 bridgehead atoms. The summed E-state index contributed by atoms with van der Waals surface area (Å²) in [5.74, 6) is 0.188. The summed E-state index contributed by atoms with van der Waals surface area (Å²) >= 11 is 0. The fraction of sp³-hybridized carbons (Fsp3) is 0.353. The summed E-state index contributed by atoms with van der Waals surface area (Å²) in [6, 6.07) is 9.50. The van der Waals surface area contributed by atoms with E-state index in [1.807, 2.05) is 31.2 Å². The molecule has 1 aliphatic heterocycles. The minimum atomic E-state index is -0.213. The predicted molar refractivity (Wildman–Crippen MR) is 87.8 cm³/mol. The first kappa shape index (κ1) is 15.4. The van der Waals surface area contributed by atoms with Crippen molar-refractivity contribution >= 4 is 17.5 Å². The highest BCUT2D eigenvalue weighted by atomic mass is 16.5. The molecule has 0 aliphatic carbocycles. The Balaban J connectivity index is 1.61. The average molecular weight is 312 g/mol. The third kappa shape index (κ3) is 4.26. The van der Waals surface area contributed by atoms with Crippen LogP contribution in [0.5, 0.6) is 0 Å². The number of aryl methyl sites for hydroxylation is 1. The van der Waals surface area contributed by atoms with E-state index in [0.717, 1.165) is 25.1 Å². The minimum Gasteiger partial charge on any atom is -0.376 e. The lowest BCUT2D eigenvalue weighted by Crippen LogP contribution is -2.32. The average Bonchev–Trinajstić information content (AvgIpc) is 3.08. The Bertz CT molecular complexity index is 667. The Morgan fingerprint density at radius 1 is 1.30 bits per heavy atom. The molecule has 0 radical (unpaired) electrons. The second-order valence-corrected chi connectivity index (χ2v) is 5.60. The standard InChI is InChI=1S/C17H20N4O2/c1-12-4-6-13(7-5-12)20-17-18-9-8-15(21-17)16(22)19-11-14-3-2-10-23-14/h4-9,14H,2-3,10-11H2,1H3,(H,19,22)(H,18,20,21). The quantitative estimate of drug-likeness (QED) is 0.887. The maximum Gasteiger partial charge on any atom is 0.270 e. The zero-order valence-electron chi connectivity index (χ0n) is 13.1. The van der Waals surface area contributed by atoms with E-state index in [9.17, 15) is 4.79 Å². The van der Waals surface area contributed by atoms with Gasteiger partial charge in [-0.1, -0.05) is 17.7 Å². The molecule has 6 nitrogen and oxygen atoms in total. The SMILES string of the molecule is Cc1ccc(Nc2nccc(C(=O)NCC3CCCO3)n2)cc1. The molecule has 1 aliphatic rings. The van der Waals surface area contributed by atoms with E-state index in [1.54, 1.807) is 12.3 Å². The first-order valence-corrected chi connectivity index (χ1v) is 7.77. The van der Waals surface area contributed by atoms with Crippen molar-refractivity contribution < 1.29 is 9.53 Å². The van der Waals surface area contributed by atoms with Gasteiger partial charge in [-0.05, 0) is 38.0 Å². The van der Waals surface area contributed by atoms with Gasteiger partial charge in [0.1, 0.15) is 5.69 Å². The first-order valence-electron chi connectivity index (χ1n) is 7.77. The van der Waals surface area contributed by atoms with E-state index < -0.39 is 0 Å². The molecule has 2 N–H and O–H groups in total. The van der Waals surface area contributed by atoms with Gasteiger partial charge in [0.05, 0.1) is 6.10 Å². The number of hydrogen-bond donors (Lipinski definition) is 2. The van der Waals surface area contributed by atoms with Crippen LogP contribution in [0, 0.1) is 6.92 Å². The molecule has 1 saturated heterocycles. The van der Waals surface area contributed by atoms with Gasteiger partial charge in [-0.25, -0.2) is 9.97 Å². The van der Waals surface area contributed by atoms with Gasteiger partial charge in [-0.15, -0.1) is 0 Å². The fourth-order valence-electron chi connectivity index (χ4n) is 2.41. The molecule has 6 heteroatoms. The molecule has 0 spiro atoms. The molecule has 2 aromatic rings. The van der Waals surface area contributed by atoms with Crippen LogP contribution in [0.4, 0.5) is 11.6 Å². The van der Waals surface area contributed by atoms with Crippen LogP contribution < -0.4 is 10.6 Å². The summed E-state index contributed by atoms with van der Waals surface area (Å²) in [6.07, 6.45) is 3.74. The molecule has 1 aromatic heterocycles. The predicted octanol–water partition coefficient (Wildman–Crippen LogP) is 2.44. The summed E-state index contributed by atoms with van der Waals surface area (Å²) in [5, 5.41) is 5.95. The molecule has 1 amide bonds. The van der Waals surface area contributed by atoms with Crippen molar-refractivity contribution in [3.05, 3.63) is 47.8 Å². The van der Waals surface area contributed by atoms with Crippen molar-refractivity contribution in [2.45, 2.75) is 25.9 Å². The number of amides is 1. The monoisotopic (exact) mass is 312 g/mol. The van der Waals surface area contributed by atoms with Gasteiger partial charge in [0, 0.05) is 25.0 Å². The summed E-state index contributed by atoms with van der Waals surface area (Å²) in [7, 11) is 0. The zero-order chi connectivity index (χ0) is 16.1. The summed E-state index contributed by atoms with van der Waals surface area (Å²) < 4.78 is 5.49. The normalized spacial score (nSPS) is 17.0. The second-order valence-electron chi connectivity index (χ2n) is 5.60. The number of anilines is 2. The van der Waals surface area contributed by atoms with Crippen molar-refractivity contribution in [1.29, 1.82) is 0 Å². The smallest absolute Gasteiger partial charge is 0.270 e. The number of aromatic nitrogens is 2. The van der Waals surface area contributed by atoms with E-state index in [4.69, 9.17) is 4.74 Å². The van der Waals surface area contributed by atoms with Crippen LogP contribution in [0.15, 0.2) is 36.5 Å². The first-order chi connectivity index (χ1) is 11.2. The lowest BCUT2D eigenvalue weighted by atomic mass is 10.2. The van der Waals surface area contributed by atoms with Crippen molar-refractivity contribution in [3.8, 4) is 0 Å². The largest absolute Gasteiger partial charge is 0.376 e. The molecular formula is C17H20N4O2. The summed E-state index contributed by atoms with van der Waals surface area (Å²) in [5.41, 5.74) is 2.40. The molecule has 2 heterocycles. The van der Waals surface area contributed by atoms with Gasteiger partial charge in [-0.3, -0.25) is 4.79 Å². The van der Waals surface area contributed by atoms with Crippen LogP contribution in [0.2, 0.25) is 0 Å². The molecule has 3 rings (SSSR count). The number of nitrogens with one attached hydrogen (secondary N) is 2. The second kappa shape index (κ2) is 7.19. The van der Waals surface area contributed by atoms with E-state index in [2.05, 4.69) is 20.6 Å². The molecule has 1 aromatic carbocycles. The third-order valence-corrected chi connectivity index (χ3v) is 3.71. The van der Waals surface area contributed by atoms with Crippen LogP contribution in [-0.2, 0) is 4.74 Å². The lowest BCUT2D eigenvalue weighted by Gasteiger charge is -2.11. The van der Waals surface area contributed by atoms with Crippen LogP contribution in [0.3, 0.4) is 0 Å². The number of ether oxygens (including phenoxy) is 1. The highest BCUT2D eigenvalue weighted by molar-refractivity contribution is 5.92. The van der Waals surface area contributed by atoms with Gasteiger partial charge in [0.2, 0.25) is 5.95 Å². The van der Waals surface area contributed by atoms with Crippen molar-refractivity contribution in [2.24, 2.45) is 0 Å². The highest BCUT2D eigenvalue weighted by Gasteiger charge is 2.17. The number of nitrogens with zero attached hydrogens (tertiary/aromatic N) is 2. The number of hydrogen-bond acceptors (Lipinski definition) is 5. The number of carbonyl (C=O) groups is 1. The van der Waals surface area contributed by atoms with E-state index in [-0.39, 0.29) is 12.0 Å². The minimum absolute atomic E-state index is 0.117. The van der Waals surface area contributed by atoms with Gasteiger partial charge in [-0.2, -0.15) is 0 Å². The van der Waals surface area contributed by atoms with E-state index >= 15 is 0 Å². The van der Waals surface area contributed by atoms with Crippen LogP contribution in [0.25, 0.3) is 0 Å². The topological polar surface area (TPSA) is 76.1 Å². The molecule has 0 saturated carbocycles. The van der Waals surface area contributed by atoms with Crippen molar-refractivity contribution in [2.75, 3.05) is 18.5 Å². The van der Waals surface area contributed by atoms with E-state index in [1.165, 1.54) is 5.56 Å². The highest BCUT2D eigenvalue weighted by Crippen LogP contribution is 2.14. The number of carbonyl (C=O) groups excluding carboxylic acids is 1. The lowest BCUT2D eigenvalue weighted by molar-refractivity contribution is 0.0853. The van der Waals surface area contributed by atoms with Crippen LogP contribution in [0.1, 0.15) is 28.9 Å². The molecule has 120 valence electrons. The summed E-state index contributed by atoms with van der Waals surface area (Å²) in [4.78, 5) is 20.6. The van der Waals surface area contributed by atoms with Gasteiger partial charge < -0.3 is 15.4 Å². The molecular weight excluding hydrogens is 292 g/mol. The molecule has 1 unspecified atom stereocenters. The molecule has 1 atom stereocenters. The Morgan fingerprint density at radius 3 is 2.87 bits per heavy atom. The maximum absolute atomic E-state index is 12.2. The van der Waals surface area contributed by atoms with Crippen LogP contribution in [-0.4, -0.2) is 35.1 Å². The third-order valence-electron chi connectivity index (χ3n) is 3.71. The molecule has 23 heavy (non-hydrogen) atoms. The zero-order valence-corrected chi connectivity index (χ0v) is 13.1. The van der Waals surface area contributed by atoms with Crippen molar-refractivity contribution in [1.82, 2.24) is 15.3 Å². The number of rotatable bonds is 5. The Hall–Kier alpha value is -2.47. The van der Waals surface area contributed by atoms with Gasteiger partial charge in [0.15, 0.2) is 0 Å².